The Balaban J connectivity index is 1.81. The molecule has 0 fully saturated rings. The lowest BCUT2D eigenvalue weighted by molar-refractivity contribution is 0.0952. The van der Waals surface area contributed by atoms with Gasteiger partial charge in [-0.3, -0.25) is 4.79 Å². The van der Waals surface area contributed by atoms with Crippen molar-refractivity contribution in [1.29, 1.82) is 5.26 Å². The Hall–Kier alpha value is -3.37. The van der Waals surface area contributed by atoms with Crippen LogP contribution < -0.4 is 21.7 Å². The summed E-state index contributed by atoms with van der Waals surface area (Å²) in [7, 11) is 0. The van der Waals surface area contributed by atoms with E-state index in [9.17, 15) is 9.59 Å². The summed E-state index contributed by atoms with van der Waals surface area (Å²) in [6.07, 6.45) is 1.64. The maximum Gasteiger partial charge on any atom is 0.319 e. The van der Waals surface area contributed by atoms with Crippen molar-refractivity contribution in [2.24, 2.45) is 5.73 Å². The Bertz CT molecular complexity index is 879. The minimum absolute atomic E-state index is 0.149. The van der Waals surface area contributed by atoms with Gasteiger partial charge < -0.3 is 21.7 Å². The SMILES string of the molecule is CC(C)(N)CCCNC(=O)c1cccc(CNC(=O)Nc2ccc(C#N)cc2)c1. The normalized spacial score (nSPS) is 10.7. The van der Waals surface area contributed by atoms with Crippen molar-refractivity contribution in [3.63, 3.8) is 0 Å². The van der Waals surface area contributed by atoms with Crippen molar-refractivity contribution in [2.75, 3.05) is 11.9 Å². The summed E-state index contributed by atoms with van der Waals surface area (Å²) in [6.45, 7) is 4.77. The van der Waals surface area contributed by atoms with Gasteiger partial charge in [0.1, 0.15) is 0 Å². The number of carbonyl (C=O) groups excluding carboxylic acids is 2. The van der Waals surface area contributed by atoms with E-state index in [2.05, 4.69) is 16.0 Å². The molecule has 3 amide bonds. The summed E-state index contributed by atoms with van der Waals surface area (Å²) < 4.78 is 0. The van der Waals surface area contributed by atoms with Gasteiger partial charge in [0.25, 0.3) is 5.91 Å². The van der Waals surface area contributed by atoms with Gasteiger partial charge in [-0.05, 0) is 68.7 Å². The van der Waals surface area contributed by atoms with E-state index in [0.717, 1.165) is 18.4 Å². The lowest BCUT2D eigenvalue weighted by Gasteiger charge is -2.18. The number of amides is 3. The second-order valence-electron chi connectivity index (χ2n) is 7.55. The molecule has 0 unspecified atom stereocenters. The predicted octanol–water partition coefficient (Wildman–Crippen LogP) is 3.13. The van der Waals surface area contributed by atoms with Gasteiger partial charge in [0, 0.05) is 29.9 Å². The van der Waals surface area contributed by atoms with Gasteiger partial charge in [0.05, 0.1) is 11.6 Å². The van der Waals surface area contributed by atoms with Gasteiger partial charge in [-0.25, -0.2) is 4.79 Å². The lowest BCUT2D eigenvalue weighted by atomic mass is 10.0. The maximum absolute atomic E-state index is 12.3. The van der Waals surface area contributed by atoms with Gasteiger partial charge in [-0.15, -0.1) is 0 Å². The lowest BCUT2D eigenvalue weighted by Crippen LogP contribution is -2.33. The van der Waals surface area contributed by atoms with E-state index in [4.69, 9.17) is 11.0 Å². The van der Waals surface area contributed by atoms with Crippen LogP contribution in [0.25, 0.3) is 0 Å². The average molecular weight is 393 g/mol. The molecule has 2 rings (SSSR count). The highest BCUT2D eigenvalue weighted by Gasteiger charge is 2.11. The fourth-order valence-corrected chi connectivity index (χ4v) is 2.66. The first-order chi connectivity index (χ1) is 13.8. The number of hydrogen-bond acceptors (Lipinski definition) is 4. The molecule has 2 aromatic carbocycles. The third kappa shape index (κ3) is 8.03. The number of nitrogens with zero attached hydrogens (tertiary/aromatic N) is 1. The van der Waals surface area contributed by atoms with Crippen LogP contribution in [0.3, 0.4) is 0 Å². The van der Waals surface area contributed by atoms with Crippen molar-refractivity contribution >= 4 is 17.6 Å². The molecule has 0 spiro atoms. The molecule has 7 nitrogen and oxygen atoms in total. The van der Waals surface area contributed by atoms with Gasteiger partial charge >= 0.3 is 6.03 Å². The minimum Gasteiger partial charge on any atom is -0.352 e. The molecular formula is C22H27N5O2. The number of carbonyl (C=O) groups is 2. The Morgan fingerprint density at radius 2 is 1.83 bits per heavy atom. The summed E-state index contributed by atoms with van der Waals surface area (Å²) in [4.78, 5) is 24.3. The van der Waals surface area contributed by atoms with Crippen LogP contribution in [0.15, 0.2) is 48.5 Å². The van der Waals surface area contributed by atoms with Crippen LogP contribution in [-0.4, -0.2) is 24.0 Å². The van der Waals surface area contributed by atoms with E-state index >= 15 is 0 Å². The monoisotopic (exact) mass is 393 g/mol. The number of nitrogens with two attached hydrogens (primary N) is 1. The first kappa shape index (κ1) is 21.9. The number of nitriles is 1. The van der Waals surface area contributed by atoms with Crippen LogP contribution in [-0.2, 0) is 6.54 Å². The van der Waals surface area contributed by atoms with Crippen LogP contribution in [0.2, 0.25) is 0 Å². The van der Waals surface area contributed by atoms with Crippen molar-refractivity contribution in [2.45, 2.75) is 38.8 Å². The fourth-order valence-electron chi connectivity index (χ4n) is 2.66. The molecule has 0 saturated heterocycles. The molecule has 7 heteroatoms. The molecule has 2 aromatic rings. The number of urea groups is 1. The zero-order chi connectivity index (χ0) is 21.3. The first-order valence-electron chi connectivity index (χ1n) is 9.48. The third-order valence-corrected chi connectivity index (χ3v) is 4.20. The highest BCUT2D eigenvalue weighted by molar-refractivity contribution is 5.94. The molecule has 0 aromatic heterocycles. The summed E-state index contributed by atoms with van der Waals surface area (Å²) >= 11 is 0. The topological polar surface area (TPSA) is 120 Å². The van der Waals surface area contributed by atoms with Crippen LogP contribution in [0, 0.1) is 11.3 Å². The third-order valence-electron chi connectivity index (χ3n) is 4.20. The standard InChI is InChI=1S/C22H27N5O2/c1-22(2,24)11-4-12-25-20(28)18-6-3-5-17(13-18)15-26-21(29)27-19-9-7-16(14-23)8-10-19/h3,5-10,13H,4,11-12,15,24H2,1-2H3,(H,25,28)(H2,26,27,29). The highest BCUT2D eigenvalue weighted by Crippen LogP contribution is 2.10. The van der Waals surface area contributed by atoms with Crippen LogP contribution in [0.5, 0.6) is 0 Å². The summed E-state index contributed by atoms with van der Waals surface area (Å²) in [5.74, 6) is -0.149. The Kier molecular flexibility index (Phi) is 7.75. The number of nitrogens with one attached hydrogen (secondary N) is 3. The van der Waals surface area contributed by atoms with E-state index in [0.29, 0.717) is 23.4 Å². The van der Waals surface area contributed by atoms with Gasteiger partial charge in [-0.2, -0.15) is 5.26 Å². The number of anilines is 1. The molecule has 5 N–H and O–H groups in total. The maximum atomic E-state index is 12.3. The van der Waals surface area contributed by atoms with Crippen molar-refractivity contribution in [3.8, 4) is 6.07 Å². The Labute approximate surface area is 171 Å². The number of hydrogen-bond donors (Lipinski definition) is 4. The Morgan fingerprint density at radius 1 is 1.10 bits per heavy atom. The average Bonchev–Trinajstić information content (AvgIpc) is 2.69. The molecule has 0 atom stereocenters. The summed E-state index contributed by atoms with van der Waals surface area (Å²) in [5, 5.41) is 17.1. The number of rotatable bonds is 8. The quantitative estimate of drug-likeness (QED) is 0.515. The van der Waals surface area contributed by atoms with E-state index in [-0.39, 0.29) is 24.0 Å². The smallest absolute Gasteiger partial charge is 0.319 e. The molecule has 0 bridgehead atoms. The van der Waals surface area contributed by atoms with Crippen molar-refractivity contribution < 1.29 is 9.59 Å². The second kappa shape index (κ2) is 10.2. The molecular weight excluding hydrogens is 366 g/mol. The van der Waals surface area contributed by atoms with Gasteiger partial charge in [0.15, 0.2) is 0 Å². The van der Waals surface area contributed by atoms with Crippen molar-refractivity contribution in [1.82, 2.24) is 10.6 Å². The van der Waals surface area contributed by atoms with Gasteiger partial charge in [-0.1, -0.05) is 12.1 Å². The van der Waals surface area contributed by atoms with Crippen LogP contribution in [0.1, 0.15) is 48.2 Å². The molecule has 0 aliphatic rings. The number of benzene rings is 2. The zero-order valence-electron chi connectivity index (χ0n) is 16.8. The molecule has 29 heavy (non-hydrogen) atoms. The zero-order valence-corrected chi connectivity index (χ0v) is 16.8. The summed E-state index contributed by atoms with van der Waals surface area (Å²) in [5.41, 5.74) is 8.18. The summed E-state index contributed by atoms with van der Waals surface area (Å²) in [6, 6.07) is 15.4. The van der Waals surface area contributed by atoms with E-state index in [1.54, 1.807) is 42.5 Å². The van der Waals surface area contributed by atoms with Gasteiger partial charge in [0.2, 0.25) is 0 Å². The van der Waals surface area contributed by atoms with E-state index in [1.165, 1.54) is 0 Å². The molecule has 0 saturated carbocycles. The minimum atomic E-state index is -0.367. The highest BCUT2D eigenvalue weighted by atomic mass is 16.2. The fraction of sp³-hybridized carbons (Fsp3) is 0.318. The molecule has 152 valence electrons. The second-order valence-corrected chi connectivity index (χ2v) is 7.55. The van der Waals surface area contributed by atoms with Crippen LogP contribution >= 0.6 is 0 Å². The Morgan fingerprint density at radius 3 is 2.48 bits per heavy atom. The largest absolute Gasteiger partial charge is 0.352 e. The molecule has 0 radical (unpaired) electrons. The van der Waals surface area contributed by atoms with E-state index in [1.807, 2.05) is 26.0 Å². The first-order valence-corrected chi connectivity index (χ1v) is 9.48. The van der Waals surface area contributed by atoms with E-state index < -0.39 is 0 Å². The molecule has 0 aliphatic carbocycles. The van der Waals surface area contributed by atoms with Crippen molar-refractivity contribution in [3.05, 3.63) is 65.2 Å². The van der Waals surface area contributed by atoms with Crippen LogP contribution in [0.4, 0.5) is 10.5 Å². The predicted molar refractivity (Wildman–Crippen MR) is 113 cm³/mol. The molecule has 0 heterocycles. The molecule has 0 aliphatic heterocycles.